The lowest BCUT2D eigenvalue weighted by molar-refractivity contribution is 0.990. The van der Waals surface area contributed by atoms with E-state index < -0.39 is 0 Å². The summed E-state index contributed by atoms with van der Waals surface area (Å²) in [6.45, 7) is 2.91. The van der Waals surface area contributed by atoms with Gasteiger partial charge < -0.3 is 5.32 Å². The molecule has 0 saturated carbocycles. The molecular formula is C15H14ClN3S. The lowest BCUT2D eigenvalue weighted by Crippen LogP contribution is -2.04. The lowest BCUT2D eigenvalue weighted by atomic mass is 10.1. The molecule has 1 aromatic carbocycles. The molecule has 102 valence electrons. The first kappa shape index (κ1) is 13.3. The van der Waals surface area contributed by atoms with Gasteiger partial charge in [-0.2, -0.15) is 0 Å². The number of halogens is 1. The molecular weight excluding hydrogens is 290 g/mol. The third kappa shape index (κ3) is 2.76. The van der Waals surface area contributed by atoms with Crippen LogP contribution in [0.4, 0.5) is 5.82 Å². The Morgan fingerprint density at radius 3 is 2.95 bits per heavy atom. The molecule has 2 aromatic heterocycles. The van der Waals surface area contributed by atoms with E-state index in [4.69, 9.17) is 11.6 Å². The fraction of sp³-hybridized carbons (Fsp3) is 0.200. The van der Waals surface area contributed by atoms with Crippen LogP contribution in [0.1, 0.15) is 18.3 Å². The molecule has 1 N–H and O–H groups in total. The summed E-state index contributed by atoms with van der Waals surface area (Å²) < 4.78 is 0. The highest BCUT2D eigenvalue weighted by molar-refractivity contribution is 7.16. The fourth-order valence-electron chi connectivity index (χ4n) is 2.11. The van der Waals surface area contributed by atoms with Crippen molar-refractivity contribution in [3.05, 3.63) is 52.1 Å². The van der Waals surface area contributed by atoms with Crippen LogP contribution in [0.15, 0.2) is 35.7 Å². The van der Waals surface area contributed by atoms with E-state index in [1.54, 1.807) is 11.3 Å². The zero-order valence-corrected chi connectivity index (χ0v) is 12.6. The van der Waals surface area contributed by atoms with Crippen LogP contribution in [-0.2, 0) is 6.42 Å². The molecule has 3 nitrogen and oxygen atoms in total. The standard InChI is InChI=1S/C15H14ClN3S/c1-2-17-14-12-6-7-20-15(12)19-13(18-14)9-10-4-3-5-11(16)8-10/h3-8H,2,9H2,1H3,(H,17,18,19). The van der Waals surface area contributed by atoms with Gasteiger partial charge in [-0.05, 0) is 36.1 Å². The molecule has 2 heterocycles. The Hall–Kier alpha value is -1.65. The Kier molecular flexibility index (Phi) is 3.85. The largest absolute Gasteiger partial charge is 0.370 e. The lowest BCUT2D eigenvalue weighted by Gasteiger charge is -2.07. The first-order valence-corrected chi connectivity index (χ1v) is 7.74. The SMILES string of the molecule is CCNc1nc(Cc2cccc(Cl)c2)nc2sccc12. The van der Waals surface area contributed by atoms with Crippen LogP contribution >= 0.6 is 22.9 Å². The molecule has 3 aromatic rings. The van der Waals surface area contributed by atoms with Crippen LogP contribution in [0.25, 0.3) is 10.2 Å². The summed E-state index contributed by atoms with van der Waals surface area (Å²) in [5.41, 5.74) is 1.12. The van der Waals surface area contributed by atoms with Gasteiger partial charge in [0, 0.05) is 18.0 Å². The van der Waals surface area contributed by atoms with Crippen molar-refractivity contribution in [2.24, 2.45) is 0 Å². The quantitative estimate of drug-likeness (QED) is 0.778. The molecule has 0 aliphatic carbocycles. The van der Waals surface area contributed by atoms with Gasteiger partial charge in [0.2, 0.25) is 0 Å². The zero-order valence-electron chi connectivity index (χ0n) is 11.1. The van der Waals surface area contributed by atoms with Crippen LogP contribution < -0.4 is 5.32 Å². The Morgan fingerprint density at radius 2 is 2.15 bits per heavy atom. The predicted octanol–water partition coefficient (Wildman–Crippen LogP) is 4.37. The van der Waals surface area contributed by atoms with Gasteiger partial charge in [-0.3, -0.25) is 0 Å². The first-order chi connectivity index (χ1) is 9.76. The number of nitrogens with zero attached hydrogens (tertiary/aromatic N) is 2. The van der Waals surface area contributed by atoms with Gasteiger partial charge >= 0.3 is 0 Å². The number of rotatable bonds is 4. The monoisotopic (exact) mass is 303 g/mol. The Morgan fingerprint density at radius 1 is 1.25 bits per heavy atom. The number of aromatic nitrogens is 2. The maximum Gasteiger partial charge on any atom is 0.138 e. The zero-order chi connectivity index (χ0) is 13.9. The number of hydrogen-bond acceptors (Lipinski definition) is 4. The van der Waals surface area contributed by atoms with Crippen LogP contribution in [0, 0.1) is 0 Å². The predicted molar refractivity (Wildman–Crippen MR) is 85.8 cm³/mol. The summed E-state index contributed by atoms with van der Waals surface area (Å²) in [7, 11) is 0. The number of thiophene rings is 1. The topological polar surface area (TPSA) is 37.8 Å². The Labute approximate surface area is 126 Å². The molecule has 0 aliphatic rings. The summed E-state index contributed by atoms with van der Waals surface area (Å²) in [5.74, 6) is 1.73. The van der Waals surface area contributed by atoms with Gasteiger partial charge in [0.05, 0.1) is 5.39 Å². The summed E-state index contributed by atoms with van der Waals surface area (Å²) >= 11 is 7.66. The van der Waals surface area contributed by atoms with Gasteiger partial charge in [-0.15, -0.1) is 11.3 Å². The van der Waals surface area contributed by atoms with E-state index in [9.17, 15) is 0 Å². The summed E-state index contributed by atoms with van der Waals surface area (Å²) in [6, 6.07) is 9.88. The summed E-state index contributed by atoms with van der Waals surface area (Å²) in [5, 5.41) is 7.18. The van der Waals surface area contributed by atoms with Crippen LogP contribution in [0.5, 0.6) is 0 Å². The Bertz CT molecular complexity index is 739. The van der Waals surface area contributed by atoms with E-state index in [-0.39, 0.29) is 0 Å². The highest BCUT2D eigenvalue weighted by Crippen LogP contribution is 2.25. The number of nitrogens with one attached hydrogen (secondary N) is 1. The van der Waals surface area contributed by atoms with Gasteiger partial charge in [0.15, 0.2) is 0 Å². The highest BCUT2D eigenvalue weighted by Gasteiger charge is 2.09. The first-order valence-electron chi connectivity index (χ1n) is 6.48. The molecule has 0 unspecified atom stereocenters. The molecule has 0 saturated heterocycles. The van der Waals surface area contributed by atoms with Gasteiger partial charge in [-0.1, -0.05) is 23.7 Å². The summed E-state index contributed by atoms with van der Waals surface area (Å²) in [4.78, 5) is 10.3. The number of hydrogen-bond donors (Lipinski definition) is 1. The second-order valence-electron chi connectivity index (χ2n) is 4.46. The molecule has 0 bridgehead atoms. The van der Waals surface area contributed by atoms with E-state index in [2.05, 4.69) is 28.3 Å². The summed E-state index contributed by atoms with van der Waals surface area (Å²) in [6.07, 6.45) is 0.687. The molecule has 3 rings (SSSR count). The number of anilines is 1. The van der Waals surface area contributed by atoms with Gasteiger partial charge in [-0.25, -0.2) is 9.97 Å². The van der Waals surface area contributed by atoms with Crippen molar-refractivity contribution in [3.63, 3.8) is 0 Å². The molecule has 0 amide bonds. The van der Waals surface area contributed by atoms with Gasteiger partial charge in [0.25, 0.3) is 0 Å². The van der Waals surface area contributed by atoms with Crippen LogP contribution in [0.2, 0.25) is 5.02 Å². The van der Waals surface area contributed by atoms with Crippen molar-refractivity contribution in [1.82, 2.24) is 9.97 Å². The third-order valence-corrected chi connectivity index (χ3v) is 4.01. The second-order valence-corrected chi connectivity index (χ2v) is 5.80. The average Bonchev–Trinajstić information content (AvgIpc) is 2.87. The Balaban J connectivity index is 1.98. The number of fused-ring (bicyclic) bond motifs is 1. The van der Waals surface area contributed by atoms with E-state index in [0.717, 1.165) is 39.0 Å². The molecule has 0 aliphatic heterocycles. The molecule has 0 fully saturated rings. The van der Waals surface area contributed by atoms with Crippen molar-refractivity contribution >= 4 is 39.0 Å². The van der Waals surface area contributed by atoms with Crippen molar-refractivity contribution < 1.29 is 0 Å². The van der Waals surface area contributed by atoms with Crippen molar-refractivity contribution in [2.75, 3.05) is 11.9 Å². The molecule has 20 heavy (non-hydrogen) atoms. The molecule has 0 radical (unpaired) electrons. The third-order valence-electron chi connectivity index (χ3n) is 2.97. The second kappa shape index (κ2) is 5.77. The van der Waals surface area contributed by atoms with Crippen molar-refractivity contribution in [2.45, 2.75) is 13.3 Å². The fourth-order valence-corrected chi connectivity index (χ4v) is 3.11. The smallest absolute Gasteiger partial charge is 0.138 e. The number of benzene rings is 1. The maximum absolute atomic E-state index is 6.02. The average molecular weight is 304 g/mol. The van der Waals surface area contributed by atoms with E-state index in [0.29, 0.717) is 6.42 Å². The normalized spacial score (nSPS) is 10.9. The molecule has 5 heteroatoms. The van der Waals surface area contributed by atoms with E-state index in [1.165, 1.54) is 0 Å². The van der Waals surface area contributed by atoms with Crippen molar-refractivity contribution in [3.8, 4) is 0 Å². The molecule has 0 spiro atoms. The van der Waals surface area contributed by atoms with Crippen LogP contribution in [-0.4, -0.2) is 16.5 Å². The molecule has 0 atom stereocenters. The minimum Gasteiger partial charge on any atom is -0.370 e. The highest BCUT2D eigenvalue weighted by atomic mass is 35.5. The van der Waals surface area contributed by atoms with Gasteiger partial charge in [0.1, 0.15) is 16.5 Å². The minimum atomic E-state index is 0.687. The van der Waals surface area contributed by atoms with Crippen LogP contribution in [0.3, 0.4) is 0 Å². The minimum absolute atomic E-state index is 0.687. The van der Waals surface area contributed by atoms with Crippen molar-refractivity contribution in [1.29, 1.82) is 0 Å². The maximum atomic E-state index is 6.02. The van der Waals surface area contributed by atoms with E-state index >= 15 is 0 Å². The van der Waals surface area contributed by atoms with E-state index in [1.807, 2.05) is 29.6 Å².